The zero-order valence-electron chi connectivity index (χ0n) is 15.9. The van der Waals surface area contributed by atoms with Crippen molar-refractivity contribution in [3.63, 3.8) is 0 Å². The van der Waals surface area contributed by atoms with Gasteiger partial charge in [0, 0.05) is 5.38 Å². The van der Waals surface area contributed by atoms with Crippen molar-refractivity contribution in [2.45, 2.75) is 20.5 Å². The normalized spacial score (nSPS) is 10.4. The molecule has 6 nitrogen and oxygen atoms in total. The molecule has 2 aromatic carbocycles. The SMILES string of the molecule is Cc1ccc(NC(=O)COC(=O)c2ccccc2OCc2csc(C)n2)c(F)c1. The Balaban J connectivity index is 1.58. The summed E-state index contributed by atoms with van der Waals surface area (Å²) in [6.45, 7) is 3.30. The smallest absolute Gasteiger partial charge is 0.342 e. The number of anilines is 1. The van der Waals surface area contributed by atoms with Gasteiger partial charge in [-0.05, 0) is 43.7 Å². The predicted molar refractivity (Wildman–Crippen MR) is 108 cm³/mol. The van der Waals surface area contributed by atoms with Gasteiger partial charge in [-0.25, -0.2) is 14.2 Å². The molecule has 8 heteroatoms. The fourth-order valence-corrected chi connectivity index (χ4v) is 3.10. The number of hydrogen-bond donors (Lipinski definition) is 1. The van der Waals surface area contributed by atoms with Crippen LogP contribution in [0.25, 0.3) is 0 Å². The number of para-hydroxylation sites is 1. The van der Waals surface area contributed by atoms with Crippen LogP contribution in [0.1, 0.15) is 26.6 Å². The van der Waals surface area contributed by atoms with Gasteiger partial charge in [-0.3, -0.25) is 4.79 Å². The Hall–Kier alpha value is -3.26. The minimum atomic E-state index is -0.713. The maximum Gasteiger partial charge on any atom is 0.342 e. The van der Waals surface area contributed by atoms with E-state index in [0.29, 0.717) is 5.75 Å². The molecule has 1 N–H and O–H groups in total. The standard InChI is InChI=1S/C21H19FN2O4S/c1-13-7-8-18(17(22)9-13)24-20(25)11-28-21(26)16-5-3-4-6-19(16)27-10-15-12-29-14(2)23-15/h3-9,12H,10-11H2,1-2H3,(H,24,25). The van der Waals surface area contributed by atoms with Gasteiger partial charge < -0.3 is 14.8 Å². The molecule has 0 atom stereocenters. The number of halogens is 1. The summed E-state index contributed by atoms with van der Waals surface area (Å²) in [5.74, 6) is -1.58. The first-order valence-corrected chi connectivity index (χ1v) is 9.66. The fraction of sp³-hybridized carbons (Fsp3) is 0.190. The third-order valence-corrected chi connectivity index (χ3v) is 4.70. The quantitative estimate of drug-likeness (QED) is 0.584. The first kappa shape index (κ1) is 20.5. The van der Waals surface area contributed by atoms with Crippen LogP contribution in [0.4, 0.5) is 10.1 Å². The fourth-order valence-electron chi connectivity index (χ4n) is 2.50. The van der Waals surface area contributed by atoms with Crippen molar-refractivity contribution in [2.24, 2.45) is 0 Å². The highest BCUT2D eigenvalue weighted by Gasteiger charge is 2.16. The monoisotopic (exact) mass is 414 g/mol. The average Bonchev–Trinajstić information content (AvgIpc) is 3.12. The summed E-state index contributed by atoms with van der Waals surface area (Å²) in [5, 5.41) is 5.18. The van der Waals surface area contributed by atoms with Crippen LogP contribution in [0, 0.1) is 19.7 Å². The van der Waals surface area contributed by atoms with E-state index in [2.05, 4.69) is 10.3 Å². The highest BCUT2D eigenvalue weighted by molar-refractivity contribution is 7.09. The van der Waals surface area contributed by atoms with Gasteiger partial charge in [0.05, 0.1) is 16.4 Å². The van der Waals surface area contributed by atoms with Crippen molar-refractivity contribution in [3.05, 3.63) is 75.5 Å². The summed E-state index contributed by atoms with van der Waals surface area (Å²) in [4.78, 5) is 28.7. The molecule has 150 valence electrons. The summed E-state index contributed by atoms with van der Waals surface area (Å²) in [6.07, 6.45) is 0. The largest absolute Gasteiger partial charge is 0.486 e. The molecule has 0 aliphatic heterocycles. The van der Waals surface area contributed by atoms with Crippen LogP contribution in [0.15, 0.2) is 47.8 Å². The highest BCUT2D eigenvalue weighted by atomic mass is 32.1. The number of hydrogen-bond acceptors (Lipinski definition) is 6. The molecule has 3 rings (SSSR count). The maximum absolute atomic E-state index is 13.8. The highest BCUT2D eigenvalue weighted by Crippen LogP contribution is 2.21. The minimum Gasteiger partial charge on any atom is -0.486 e. The van der Waals surface area contributed by atoms with Crippen molar-refractivity contribution in [2.75, 3.05) is 11.9 Å². The molecule has 1 heterocycles. The second-order valence-corrected chi connectivity index (χ2v) is 7.31. The maximum atomic E-state index is 13.8. The minimum absolute atomic E-state index is 0.0268. The number of thiazole rings is 1. The first-order chi connectivity index (χ1) is 13.9. The second-order valence-electron chi connectivity index (χ2n) is 6.25. The van der Waals surface area contributed by atoms with E-state index >= 15 is 0 Å². The van der Waals surface area contributed by atoms with Crippen LogP contribution >= 0.6 is 11.3 Å². The van der Waals surface area contributed by atoms with Crippen LogP contribution in [0.2, 0.25) is 0 Å². The Morgan fingerprint density at radius 3 is 2.69 bits per heavy atom. The molecule has 0 aliphatic carbocycles. The van der Waals surface area contributed by atoms with Crippen molar-refractivity contribution in [1.82, 2.24) is 4.98 Å². The number of nitrogens with one attached hydrogen (secondary N) is 1. The summed E-state index contributed by atoms with van der Waals surface area (Å²) in [7, 11) is 0. The van der Waals surface area contributed by atoms with Crippen molar-refractivity contribution in [3.8, 4) is 5.75 Å². The molecule has 0 aliphatic rings. The molecule has 1 amide bonds. The van der Waals surface area contributed by atoms with Crippen molar-refractivity contribution >= 4 is 28.9 Å². The first-order valence-electron chi connectivity index (χ1n) is 8.78. The second kappa shape index (κ2) is 9.29. The van der Waals surface area contributed by atoms with Gasteiger partial charge in [-0.2, -0.15) is 0 Å². The van der Waals surface area contributed by atoms with E-state index in [1.165, 1.54) is 23.5 Å². The van der Waals surface area contributed by atoms with E-state index in [-0.39, 0.29) is 17.9 Å². The van der Waals surface area contributed by atoms with Crippen LogP contribution in [-0.2, 0) is 16.1 Å². The van der Waals surface area contributed by atoms with Gasteiger partial charge in [0.15, 0.2) is 6.61 Å². The van der Waals surface area contributed by atoms with Gasteiger partial charge in [-0.1, -0.05) is 18.2 Å². The lowest BCUT2D eigenvalue weighted by molar-refractivity contribution is -0.119. The van der Waals surface area contributed by atoms with E-state index in [1.807, 2.05) is 12.3 Å². The van der Waals surface area contributed by atoms with E-state index < -0.39 is 24.3 Å². The van der Waals surface area contributed by atoms with E-state index in [9.17, 15) is 14.0 Å². The molecule has 0 unspecified atom stereocenters. The molecule has 0 saturated carbocycles. The molecular formula is C21H19FN2O4S. The number of benzene rings is 2. The van der Waals surface area contributed by atoms with Crippen LogP contribution in [0.5, 0.6) is 5.75 Å². The van der Waals surface area contributed by atoms with Crippen LogP contribution < -0.4 is 10.1 Å². The van der Waals surface area contributed by atoms with Gasteiger partial charge in [-0.15, -0.1) is 11.3 Å². The lowest BCUT2D eigenvalue weighted by Gasteiger charge is -2.11. The zero-order valence-corrected chi connectivity index (χ0v) is 16.7. The van der Waals surface area contributed by atoms with Crippen LogP contribution in [-0.4, -0.2) is 23.5 Å². The van der Waals surface area contributed by atoms with E-state index in [4.69, 9.17) is 9.47 Å². The van der Waals surface area contributed by atoms with E-state index in [0.717, 1.165) is 16.3 Å². The van der Waals surface area contributed by atoms with Gasteiger partial charge in [0.2, 0.25) is 0 Å². The van der Waals surface area contributed by atoms with E-state index in [1.54, 1.807) is 37.3 Å². The zero-order chi connectivity index (χ0) is 20.8. The topological polar surface area (TPSA) is 77.5 Å². The Kier molecular flexibility index (Phi) is 6.56. The number of nitrogens with zero attached hydrogens (tertiary/aromatic N) is 1. The Bertz CT molecular complexity index is 1040. The molecule has 0 radical (unpaired) electrons. The number of aromatic nitrogens is 1. The number of carbonyl (C=O) groups is 2. The number of ether oxygens (including phenoxy) is 2. The molecule has 1 aromatic heterocycles. The molecule has 0 spiro atoms. The summed E-state index contributed by atoms with van der Waals surface area (Å²) >= 11 is 1.51. The predicted octanol–water partition coefficient (Wildman–Crippen LogP) is 4.27. The third kappa shape index (κ3) is 5.61. The number of rotatable bonds is 7. The number of aryl methyl sites for hydroxylation is 2. The van der Waals surface area contributed by atoms with Gasteiger partial charge in [0.25, 0.3) is 5.91 Å². The Morgan fingerprint density at radius 1 is 1.17 bits per heavy atom. The molecule has 29 heavy (non-hydrogen) atoms. The summed E-state index contributed by atoms with van der Waals surface area (Å²) in [5.41, 5.74) is 1.71. The number of carbonyl (C=O) groups excluding carboxylic acids is 2. The third-order valence-electron chi connectivity index (χ3n) is 3.88. The lowest BCUT2D eigenvalue weighted by atomic mass is 10.2. The van der Waals surface area contributed by atoms with Crippen molar-refractivity contribution < 1.29 is 23.5 Å². The molecule has 0 fully saturated rings. The number of esters is 1. The average molecular weight is 414 g/mol. The molecular weight excluding hydrogens is 395 g/mol. The summed E-state index contributed by atoms with van der Waals surface area (Å²) < 4.78 is 24.5. The number of amides is 1. The Morgan fingerprint density at radius 2 is 1.97 bits per heavy atom. The van der Waals surface area contributed by atoms with Gasteiger partial charge in [0.1, 0.15) is 23.7 Å². The Labute approximate surface area is 171 Å². The van der Waals surface area contributed by atoms with Crippen molar-refractivity contribution in [1.29, 1.82) is 0 Å². The lowest BCUT2D eigenvalue weighted by Crippen LogP contribution is -2.21. The molecule has 0 saturated heterocycles. The molecule has 3 aromatic rings. The summed E-state index contributed by atoms with van der Waals surface area (Å²) in [6, 6.07) is 11.0. The van der Waals surface area contributed by atoms with Gasteiger partial charge >= 0.3 is 5.97 Å². The van der Waals surface area contributed by atoms with Crippen LogP contribution in [0.3, 0.4) is 0 Å². The molecule has 0 bridgehead atoms.